The third kappa shape index (κ3) is 4.62. The molecule has 5 heteroatoms. The van der Waals surface area contributed by atoms with Gasteiger partial charge in [0.15, 0.2) is 0 Å². The van der Waals surface area contributed by atoms with Crippen LogP contribution in [-0.2, 0) is 0 Å². The Labute approximate surface area is 124 Å². The van der Waals surface area contributed by atoms with Gasteiger partial charge in [-0.3, -0.25) is 0 Å². The minimum Gasteiger partial charge on any atom is -0.491 e. The lowest BCUT2D eigenvalue weighted by Gasteiger charge is -2.17. The maximum Gasteiger partial charge on any atom is 0.145 e. The summed E-state index contributed by atoms with van der Waals surface area (Å²) in [6.45, 7) is 2.88. The summed E-state index contributed by atoms with van der Waals surface area (Å²) in [6.07, 6.45) is 2.96. The zero-order valence-electron chi connectivity index (χ0n) is 11.6. The molecule has 0 amide bonds. The van der Waals surface area contributed by atoms with E-state index in [1.807, 2.05) is 0 Å². The van der Waals surface area contributed by atoms with Crippen molar-refractivity contribution in [1.29, 1.82) is 0 Å². The fraction of sp³-hybridized carbons (Fsp3) is 0.600. The molecular weight excluding hydrogens is 281 g/mol. The van der Waals surface area contributed by atoms with E-state index in [0.29, 0.717) is 18.3 Å². The van der Waals surface area contributed by atoms with Gasteiger partial charge in [-0.05, 0) is 37.3 Å². The highest BCUT2D eigenvalue weighted by atomic mass is 35.5. The average molecular weight is 302 g/mol. The zero-order valence-corrected chi connectivity index (χ0v) is 12.4. The van der Waals surface area contributed by atoms with Crippen molar-refractivity contribution in [2.45, 2.75) is 38.3 Å². The Kier molecular flexibility index (Phi) is 5.64. The topological polar surface area (TPSA) is 41.5 Å². The Morgan fingerprint density at radius 1 is 1.50 bits per heavy atom. The molecule has 0 spiro atoms. The fourth-order valence-electron chi connectivity index (χ4n) is 2.51. The molecule has 0 saturated heterocycles. The molecular formula is C15H21ClFNO2. The standard InChI is InChI=1S/C15H21ClFNO2/c1-10-2-3-11(6-10)18-8-12(19)9-20-13-4-5-14(16)15(17)7-13/h4-5,7,10-12,18-19H,2-3,6,8-9H2,1H3/t10?,11-,12+/m0/s1. The van der Waals surface area contributed by atoms with Crippen LogP contribution in [0.5, 0.6) is 5.75 Å². The van der Waals surface area contributed by atoms with Gasteiger partial charge in [0.2, 0.25) is 0 Å². The number of benzene rings is 1. The summed E-state index contributed by atoms with van der Waals surface area (Å²) in [5.74, 6) is 0.620. The predicted octanol–water partition coefficient (Wildman–Crippen LogP) is 3.00. The summed E-state index contributed by atoms with van der Waals surface area (Å²) in [7, 11) is 0. The minimum atomic E-state index is -0.607. The Morgan fingerprint density at radius 3 is 2.95 bits per heavy atom. The number of hydrogen-bond acceptors (Lipinski definition) is 3. The number of aliphatic hydroxyl groups excluding tert-OH is 1. The monoisotopic (exact) mass is 301 g/mol. The SMILES string of the molecule is CC1CC[C@H](NC[C@@H](O)COc2ccc(Cl)c(F)c2)C1. The van der Waals surface area contributed by atoms with Gasteiger partial charge in [0.1, 0.15) is 24.3 Å². The number of ether oxygens (including phenoxy) is 1. The van der Waals surface area contributed by atoms with Crippen molar-refractivity contribution in [3.63, 3.8) is 0 Å². The molecule has 3 atom stereocenters. The third-order valence-electron chi connectivity index (χ3n) is 3.67. The molecule has 1 aromatic rings. The van der Waals surface area contributed by atoms with Crippen LogP contribution < -0.4 is 10.1 Å². The molecule has 1 fully saturated rings. The van der Waals surface area contributed by atoms with Crippen molar-refractivity contribution in [2.24, 2.45) is 5.92 Å². The van der Waals surface area contributed by atoms with E-state index in [2.05, 4.69) is 12.2 Å². The highest BCUT2D eigenvalue weighted by Crippen LogP contribution is 2.24. The van der Waals surface area contributed by atoms with Crippen LogP contribution in [0.4, 0.5) is 4.39 Å². The summed E-state index contributed by atoms with van der Waals surface area (Å²) >= 11 is 5.59. The molecule has 0 aliphatic heterocycles. The molecule has 3 nitrogen and oxygen atoms in total. The van der Waals surface area contributed by atoms with Gasteiger partial charge in [0, 0.05) is 18.7 Å². The highest BCUT2D eigenvalue weighted by molar-refractivity contribution is 6.30. The van der Waals surface area contributed by atoms with E-state index in [4.69, 9.17) is 16.3 Å². The van der Waals surface area contributed by atoms with E-state index >= 15 is 0 Å². The number of rotatable bonds is 6. The maximum atomic E-state index is 13.2. The molecule has 0 aromatic heterocycles. The molecule has 112 valence electrons. The maximum absolute atomic E-state index is 13.2. The van der Waals surface area contributed by atoms with Crippen LogP contribution in [-0.4, -0.2) is 30.4 Å². The van der Waals surface area contributed by atoms with Gasteiger partial charge >= 0.3 is 0 Å². The highest BCUT2D eigenvalue weighted by Gasteiger charge is 2.21. The molecule has 20 heavy (non-hydrogen) atoms. The molecule has 1 aromatic carbocycles. The van der Waals surface area contributed by atoms with Crippen molar-refractivity contribution >= 4 is 11.6 Å². The summed E-state index contributed by atoms with van der Waals surface area (Å²) in [4.78, 5) is 0. The first-order valence-corrected chi connectivity index (χ1v) is 7.41. The Hall–Kier alpha value is -0.840. The summed E-state index contributed by atoms with van der Waals surface area (Å²) in [6, 6.07) is 4.75. The van der Waals surface area contributed by atoms with Gasteiger partial charge in [-0.25, -0.2) is 4.39 Å². The van der Waals surface area contributed by atoms with Crippen molar-refractivity contribution < 1.29 is 14.2 Å². The van der Waals surface area contributed by atoms with Gasteiger partial charge in [-0.1, -0.05) is 18.5 Å². The first-order chi connectivity index (χ1) is 9.54. The number of halogens is 2. The van der Waals surface area contributed by atoms with Crippen LogP contribution in [0.25, 0.3) is 0 Å². The van der Waals surface area contributed by atoms with Crippen LogP contribution in [0.3, 0.4) is 0 Å². The van der Waals surface area contributed by atoms with Crippen molar-refractivity contribution in [2.75, 3.05) is 13.2 Å². The molecule has 1 saturated carbocycles. The second-order valence-corrected chi connectivity index (χ2v) is 5.97. The first-order valence-electron chi connectivity index (χ1n) is 7.04. The quantitative estimate of drug-likeness (QED) is 0.849. The van der Waals surface area contributed by atoms with Gasteiger partial charge in [-0.2, -0.15) is 0 Å². The van der Waals surface area contributed by atoms with E-state index in [1.165, 1.54) is 18.6 Å². The predicted molar refractivity (Wildman–Crippen MR) is 77.7 cm³/mol. The average Bonchev–Trinajstić information content (AvgIpc) is 2.83. The van der Waals surface area contributed by atoms with Crippen LogP contribution in [0.2, 0.25) is 5.02 Å². The van der Waals surface area contributed by atoms with Crippen LogP contribution in [0, 0.1) is 11.7 Å². The smallest absolute Gasteiger partial charge is 0.145 e. The van der Waals surface area contributed by atoms with E-state index in [0.717, 1.165) is 18.8 Å². The minimum absolute atomic E-state index is 0.0647. The van der Waals surface area contributed by atoms with Crippen LogP contribution >= 0.6 is 11.6 Å². The Bertz CT molecular complexity index is 444. The summed E-state index contributed by atoms with van der Waals surface area (Å²) < 4.78 is 18.6. The van der Waals surface area contributed by atoms with E-state index in [-0.39, 0.29) is 11.6 Å². The molecule has 2 rings (SSSR count). The molecule has 0 bridgehead atoms. The molecule has 1 aliphatic rings. The largest absolute Gasteiger partial charge is 0.491 e. The summed E-state index contributed by atoms with van der Waals surface area (Å²) in [5, 5.41) is 13.3. The second-order valence-electron chi connectivity index (χ2n) is 5.56. The Balaban J connectivity index is 1.69. The van der Waals surface area contributed by atoms with E-state index in [1.54, 1.807) is 6.07 Å². The van der Waals surface area contributed by atoms with Crippen LogP contribution in [0.1, 0.15) is 26.2 Å². The van der Waals surface area contributed by atoms with Crippen molar-refractivity contribution in [3.8, 4) is 5.75 Å². The van der Waals surface area contributed by atoms with Gasteiger partial charge in [-0.15, -0.1) is 0 Å². The lowest BCUT2D eigenvalue weighted by atomic mass is 10.1. The molecule has 0 heterocycles. The van der Waals surface area contributed by atoms with Crippen molar-refractivity contribution in [3.05, 3.63) is 29.0 Å². The van der Waals surface area contributed by atoms with Gasteiger partial charge < -0.3 is 15.2 Å². The zero-order chi connectivity index (χ0) is 14.5. The number of nitrogens with one attached hydrogen (secondary N) is 1. The Morgan fingerprint density at radius 2 is 2.30 bits per heavy atom. The molecule has 1 aliphatic carbocycles. The first kappa shape index (κ1) is 15.5. The molecule has 1 unspecified atom stereocenters. The lowest BCUT2D eigenvalue weighted by molar-refractivity contribution is 0.103. The van der Waals surface area contributed by atoms with E-state index < -0.39 is 11.9 Å². The second kappa shape index (κ2) is 7.25. The molecule has 2 N–H and O–H groups in total. The van der Waals surface area contributed by atoms with Gasteiger partial charge in [0.05, 0.1) is 5.02 Å². The lowest BCUT2D eigenvalue weighted by Crippen LogP contribution is -2.36. The summed E-state index contributed by atoms with van der Waals surface area (Å²) in [5.41, 5.74) is 0. The van der Waals surface area contributed by atoms with E-state index in [9.17, 15) is 9.50 Å². The fourth-order valence-corrected chi connectivity index (χ4v) is 2.63. The van der Waals surface area contributed by atoms with Crippen LogP contribution in [0.15, 0.2) is 18.2 Å². The van der Waals surface area contributed by atoms with Crippen molar-refractivity contribution in [1.82, 2.24) is 5.32 Å². The number of aliphatic hydroxyl groups is 1. The molecule has 0 radical (unpaired) electrons. The normalized spacial score (nSPS) is 23.8. The van der Waals surface area contributed by atoms with Gasteiger partial charge in [0.25, 0.3) is 0 Å². The number of hydrogen-bond donors (Lipinski definition) is 2. The third-order valence-corrected chi connectivity index (χ3v) is 3.98.